The minimum Gasteiger partial charge on any atom is -0.311 e. The van der Waals surface area contributed by atoms with Crippen LogP contribution in [0.25, 0.3) is 10.9 Å². The fraction of sp³-hybridized carbons (Fsp3) is 0.500. The van der Waals surface area contributed by atoms with Crippen LogP contribution in [0.15, 0.2) is 29.1 Å². The molecule has 1 fully saturated rings. The van der Waals surface area contributed by atoms with Crippen molar-refractivity contribution in [2.24, 2.45) is 13.0 Å². The van der Waals surface area contributed by atoms with Gasteiger partial charge in [0.1, 0.15) is 0 Å². The third kappa shape index (κ3) is 4.30. The zero-order chi connectivity index (χ0) is 19.7. The van der Waals surface area contributed by atoms with Crippen molar-refractivity contribution >= 4 is 33.5 Å². The van der Waals surface area contributed by atoms with Crippen molar-refractivity contribution in [1.29, 1.82) is 0 Å². The summed E-state index contributed by atoms with van der Waals surface area (Å²) in [5.41, 5.74) is 2.44. The molecule has 1 aromatic carbocycles. The highest BCUT2D eigenvalue weighted by molar-refractivity contribution is 7.83. The number of anilines is 1. The number of rotatable bonds is 5. The van der Waals surface area contributed by atoms with Crippen LogP contribution in [0.2, 0.25) is 0 Å². The van der Waals surface area contributed by atoms with E-state index in [2.05, 4.69) is 4.72 Å². The minimum absolute atomic E-state index is 0.000640. The molecule has 2 unspecified atom stereocenters. The molecule has 1 aliphatic rings. The third-order valence-corrected chi connectivity index (χ3v) is 6.51. The summed E-state index contributed by atoms with van der Waals surface area (Å²) in [5.74, 6) is 1.01. The maximum absolute atomic E-state index is 12.5. The molecule has 0 saturated carbocycles. The van der Waals surface area contributed by atoms with Gasteiger partial charge in [-0.25, -0.2) is 8.93 Å². The molecule has 0 spiro atoms. The summed E-state index contributed by atoms with van der Waals surface area (Å²) >= 11 is 0. The molecule has 1 N–H and O–H groups in total. The second-order valence-corrected chi connectivity index (χ2v) is 8.95. The van der Waals surface area contributed by atoms with Crippen molar-refractivity contribution in [3.63, 3.8) is 0 Å². The quantitative estimate of drug-likeness (QED) is 0.853. The molecule has 146 valence electrons. The number of hydrogen-bond donors (Lipinski definition) is 1. The summed E-state index contributed by atoms with van der Waals surface area (Å²) in [6, 6.07) is 7.40. The summed E-state index contributed by atoms with van der Waals surface area (Å²) in [6.07, 6.45) is 1.10. The molecule has 0 bridgehead atoms. The van der Waals surface area contributed by atoms with Crippen molar-refractivity contribution < 1.29 is 9.00 Å². The fourth-order valence-corrected chi connectivity index (χ4v) is 4.77. The summed E-state index contributed by atoms with van der Waals surface area (Å²) < 4.78 is 17.0. The molecule has 0 radical (unpaired) electrons. The minimum atomic E-state index is -1.10. The number of aromatic nitrogens is 1. The Kier molecular flexibility index (Phi) is 5.81. The van der Waals surface area contributed by atoms with E-state index in [4.69, 9.17) is 0 Å². The van der Waals surface area contributed by atoms with Gasteiger partial charge in [-0.2, -0.15) is 0 Å². The molecule has 2 aromatic rings. The fourth-order valence-electron chi connectivity index (χ4n) is 3.51. The lowest BCUT2D eigenvalue weighted by Crippen LogP contribution is -2.49. The molecule has 6 nitrogen and oxygen atoms in total. The van der Waals surface area contributed by atoms with Crippen LogP contribution in [-0.4, -0.2) is 33.0 Å². The number of nitrogens with zero attached hydrogens (tertiary/aromatic N) is 2. The van der Waals surface area contributed by atoms with Crippen molar-refractivity contribution in [2.75, 3.05) is 17.2 Å². The van der Waals surface area contributed by atoms with Gasteiger partial charge in [-0.3, -0.25) is 9.59 Å². The number of amides is 1. The summed E-state index contributed by atoms with van der Waals surface area (Å²) in [6.45, 7) is 6.47. The Bertz CT molecular complexity index is 951. The largest absolute Gasteiger partial charge is 0.311 e. The lowest BCUT2D eigenvalue weighted by Gasteiger charge is -2.33. The average molecular weight is 390 g/mol. The molecule has 1 aliphatic heterocycles. The predicted molar refractivity (Wildman–Crippen MR) is 110 cm³/mol. The van der Waals surface area contributed by atoms with E-state index in [9.17, 15) is 13.8 Å². The second kappa shape index (κ2) is 7.94. The van der Waals surface area contributed by atoms with Gasteiger partial charge in [0.15, 0.2) is 0 Å². The Balaban J connectivity index is 1.87. The van der Waals surface area contributed by atoms with E-state index in [1.165, 1.54) is 0 Å². The van der Waals surface area contributed by atoms with E-state index in [1.54, 1.807) is 22.6 Å². The van der Waals surface area contributed by atoms with E-state index in [0.29, 0.717) is 31.1 Å². The van der Waals surface area contributed by atoms with Crippen LogP contribution in [0.1, 0.15) is 32.3 Å². The molecule has 1 aromatic heterocycles. The molecule has 1 amide bonds. The Morgan fingerprint density at radius 1 is 1.26 bits per heavy atom. The molecule has 3 rings (SSSR count). The molecule has 7 heteroatoms. The molecular weight excluding hydrogens is 362 g/mol. The smallest absolute Gasteiger partial charge is 0.251 e. The highest BCUT2D eigenvalue weighted by Crippen LogP contribution is 2.26. The Hall–Kier alpha value is -1.99. The van der Waals surface area contributed by atoms with Crippen molar-refractivity contribution in [2.45, 2.75) is 39.7 Å². The van der Waals surface area contributed by atoms with Crippen LogP contribution in [0.3, 0.4) is 0 Å². The molecular formula is C20H27N3O3S. The van der Waals surface area contributed by atoms with Crippen LogP contribution >= 0.6 is 0 Å². The average Bonchev–Trinajstić information content (AvgIpc) is 2.60. The van der Waals surface area contributed by atoms with Crippen molar-refractivity contribution in [3.8, 4) is 0 Å². The zero-order valence-electron chi connectivity index (χ0n) is 16.3. The van der Waals surface area contributed by atoms with Gasteiger partial charge in [0, 0.05) is 48.9 Å². The number of hydrogen-bond acceptors (Lipinski definition) is 3. The van der Waals surface area contributed by atoms with Gasteiger partial charge in [0.25, 0.3) is 5.56 Å². The summed E-state index contributed by atoms with van der Waals surface area (Å²) in [5, 5.41) is 0.998. The number of carbonyl (C=O) groups is 1. The number of pyridine rings is 1. The lowest BCUT2D eigenvalue weighted by atomic mass is 10.0. The Labute approximate surface area is 162 Å². The number of fused-ring (bicyclic) bond motifs is 1. The van der Waals surface area contributed by atoms with Gasteiger partial charge >= 0.3 is 0 Å². The molecule has 2 atom stereocenters. The highest BCUT2D eigenvalue weighted by atomic mass is 32.2. The summed E-state index contributed by atoms with van der Waals surface area (Å²) in [4.78, 5) is 26.4. The second-order valence-electron chi connectivity index (χ2n) is 7.69. The number of piperidine rings is 1. The maximum atomic E-state index is 12.5. The maximum Gasteiger partial charge on any atom is 0.251 e. The monoisotopic (exact) mass is 389 g/mol. The number of carbonyl (C=O) groups excluding carboxylic acids is 1. The van der Waals surface area contributed by atoms with E-state index in [-0.39, 0.29) is 17.5 Å². The van der Waals surface area contributed by atoms with Gasteiger partial charge in [-0.05, 0) is 37.0 Å². The van der Waals surface area contributed by atoms with E-state index < -0.39 is 11.0 Å². The molecule has 1 saturated heterocycles. The van der Waals surface area contributed by atoms with Crippen molar-refractivity contribution in [3.05, 3.63) is 40.2 Å². The first-order chi connectivity index (χ1) is 12.8. The third-order valence-electron chi connectivity index (χ3n) is 4.94. The Morgan fingerprint density at radius 2 is 2.00 bits per heavy atom. The van der Waals surface area contributed by atoms with Gasteiger partial charge in [-0.15, -0.1) is 0 Å². The first-order valence-corrected chi connectivity index (χ1v) is 10.6. The SMILES string of the molecule is Cc1cc(=O)n(C)c2cc(N3CC(NS(=O)CC(C)C)CCC3=O)ccc12. The van der Waals surface area contributed by atoms with Crippen LogP contribution < -0.4 is 15.2 Å². The topological polar surface area (TPSA) is 71.4 Å². The number of aryl methyl sites for hydroxylation is 2. The van der Waals surface area contributed by atoms with Crippen LogP contribution in [0, 0.1) is 12.8 Å². The molecule has 27 heavy (non-hydrogen) atoms. The van der Waals surface area contributed by atoms with E-state index >= 15 is 0 Å². The van der Waals surface area contributed by atoms with E-state index in [0.717, 1.165) is 22.2 Å². The van der Waals surface area contributed by atoms with Gasteiger partial charge in [0.05, 0.1) is 16.5 Å². The number of benzene rings is 1. The van der Waals surface area contributed by atoms with Crippen LogP contribution in [-0.2, 0) is 22.8 Å². The first-order valence-electron chi connectivity index (χ1n) is 9.31. The lowest BCUT2D eigenvalue weighted by molar-refractivity contribution is -0.119. The normalized spacial score (nSPS) is 19.1. The Morgan fingerprint density at radius 3 is 2.70 bits per heavy atom. The molecule has 2 heterocycles. The number of nitrogens with one attached hydrogen (secondary N) is 1. The van der Waals surface area contributed by atoms with E-state index in [1.807, 2.05) is 39.0 Å². The summed E-state index contributed by atoms with van der Waals surface area (Å²) in [7, 11) is 0.646. The van der Waals surface area contributed by atoms with Crippen molar-refractivity contribution in [1.82, 2.24) is 9.29 Å². The first kappa shape index (κ1) is 19.8. The predicted octanol–water partition coefficient (Wildman–Crippen LogP) is 2.25. The van der Waals surface area contributed by atoms with Gasteiger partial charge in [0.2, 0.25) is 5.91 Å². The highest BCUT2D eigenvalue weighted by Gasteiger charge is 2.28. The molecule has 0 aliphatic carbocycles. The van der Waals surface area contributed by atoms with Gasteiger partial charge < -0.3 is 9.47 Å². The zero-order valence-corrected chi connectivity index (χ0v) is 17.1. The van der Waals surface area contributed by atoms with Crippen LogP contribution in [0.4, 0.5) is 5.69 Å². The van der Waals surface area contributed by atoms with Gasteiger partial charge in [-0.1, -0.05) is 19.9 Å². The van der Waals surface area contributed by atoms with Crippen LogP contribution in [0.5, 0.6) is 0 Å². The standard InChI is InChI=1S/C20H27N3O3S/c1-13(2)12-27(26)21-15-5-8-19(24)23(11-15)16-6-7-17-14(3)9-20(25)22(4)18(17)10-16/h6-7,9-10,13,15,21H,5,8,11-12H2,1-4H3.